The summed E-state index contributed by atoms with van der Waals surface area (Å²) >= 11 is 0. The van der Waals surface area contributed by atoms with Gasteiger partial charge in [-0.2, -0.15) is 0 Å². The van der Waals surface area contributed by atoms with E-state index in [-0.39, 0.29) is 11.9 Å². The van der Waals surface area contributed by atoms with Crippen LogP contribution in [-0.4, -0.2) is 29.4 Å². The molecule has 4 heteroatoms. The van der Waals surface area contributed by atoms with Gasteiger partial charge in [-0.25, -0.2) is 4.39 Å². The van der Waals surface area contributed by atoms with E-state index in [0.29, 0.717) is 11.3 Å². The SMILES string of the molecule is C[C@@H](O)c1ccc(N(C)C2CCCCC2O)c(F)c1. The Kier molecular flexibility index (Phi) is 4.42. The van der Waals surface area contributed by atoms with Crippen molar-refractivity contribution >= 4 is 5.69 Å². The number of likely N-dealkylation sites (N-methyl/N-ethyl adjacent to an activating group) is 1. The Morgan fingerprint density at radius 2 is 2.00 bits per heavy atom. The highest BCUT2D eigenvalue weighted by Gasteiger charge is 2.28. The largest absolute Gasteiger partial charge is 0.391 e. The van der Waals surface area contributed by atoms with Gasteiger partial charge in [0.1, 0.15) is 5.82 Å². The van der Waals surface area contributed by atoms with Crippen LogP contribution in [0.25, 0.3) is 0 Å². The van der Waals surface area contributed by atoms with Crippen LogP contribution in [0.1, 0.15) is 44.3 Å². The van der Waals surface area contributed by atoms with Crippen molar-refractivity contribution < 1.29 is 14.6 Å². The third kappa shape index (κ3) is 3.07. The number of nitrogens with zero attached hydrogens (tertiary/aromatic N) is 1. The molecule has 0 spiro atoms. The monoisotopic (exact) mass is 267 g/mol. The van der Waals surface area contributed by atoms with E-state index in [1.54, 1.807) is 19.1 Å². The first-order valence-electron chi connectivity index (χ1n) is 6.89. The lowest BCUT2D eigenvalue weighted by molar-refractivity contribution is 0.106. The maximum atomic E-state index is 14.1. The molecule has 2 N–H and O–H groups in total. The van der Waals surface area contributed by atoms with E-state index in [1.807, 2.05) is 11.9 Å². The Balaban J connectivity index is 2.21. The van der Waals surface area contributed by atoms with Crippen molar-refractivity contribution in [2.75, 3.05) is 11.9 Å². The van der Waals surface area contributed by atoms with Crippen molar-refractivity contribution in [1.82, 2.24) is 0 Å². The predicted octanol–water partition coefficient (Wildman–Crippen LogP) is 2.62. The number of anilines is 1. The van der Waals surface area contributed by atoms with Gasteiger partial charge in [0.25, 0.3) is 0 Å². The summed E-state index contributed by atoms with van der Waals surface area (Å²) in [6, 6.07) is 4.75. The molecule has 19 heavy (non-hydrogen) atoms. The lowest BCUT2D eigenvalue weighted by Gasteiger charge is -2.36. The number of hydrogen-bond donors (Lipinski definition) is 2. The molecule has 1 aromatic rings. The third-order valence-corrected chi connectivity index (χ3v) is 4.03. The molecule has 0 radical (unpaired) electrons. The van der Waals surface area contributed by atoms with Gasteiger partial charge < -0.3 is 15.1 Å². The molecule has 1 aromatic carbocycles. The molecule has 1 saturated carbocycles. The van der Waals surface area contributed by atoms with Gasteiger partial charge in [0, 0.05) is 7.05 Å². The van der Waals surface area contributed by atoms with Crippen molar-refractivity contribution in [3.8, 4) is 0 Å². The topological polar surface area (TPSA) is 43.7 Å². The van der Waals surface area contributed by atoms with E-state index in [9.17, 15) is 14.6 Å². The van der Waals surface area contributed by atoms with E-state index in [4.69, 9.17) is 0 Å². The molecule has 3 atom stereocenters. The second-order valence-corrected chi connectivity index (χ2v) is 5.42. The van der Waals surface area contributed by atoms with E-state index in [2.05, 4.69) is 0 Å². The molecule has 1 aliphatic rings. The first-order chi connectivity index (χ1) is 9.00. The number of rotatable bonds is 3. The Labute approximate surface area is 113 Å². The van der Waals surface area contributed by atoms with Gasteiger partial charge in [-0.3, -0.25) is 0 Å². The quantitative estimate of drug-likeness (QED) is 0.884. The van der Waals surface area contributed by atoms with Gasteiger partial charge in [-0.15, -0.1) is 0 Å². The maximum absolute atomic E-state index is 14.1. The molecule has 0 aromatic heterocycles. The highest BCUT2D eigenvalue weighted by atomic mass is 19.1. The molecule has 3 nitrogen and oxygen atoms in total. The Morgan fingerprint density at radius 1 is 1.32 bits per heavy atom. The van der Waals surface area contributed by atoms with Crippen LogP contribution in [0.15, 0.2) is 18.2 Å². The summed E-state index contributed by atoms with van der Waals surface area (Å²) < 4.78 is 14.1. The minimum atomic E-state index is -0.672. The molecule has 0 aliphatic heterocycles. The van der Waals surface area contributed by atoms with Crippen LogP contribution in [-0.2, 0) is 0 Å². The number of halogens is 1. The zero-order valence-corrected chi connectivity index (χ0v) is 11.5. The Bertz CT molecular complexity index is 436. The fourth-order valence-corrected chi connectivity index (χ4v) is 2.79. The predicted molar refractivity (Wildman–Crippen MR) is 73.7 cm³/mol. The molecule has 1 aliphatic carbocycles. The van der Waals surface area contributed by atoms with Crippen LogP contribution >= 0.6 is 0 Å². The van der Waals surface area contributed by atoms with Crippen molar-refractivity contribution in [2.24, 2.45) is 0 Å². The Morgan fingerprint density at radius 3 is 2.58 bits per heavy atom. The lowest BCUT2D eigenvalue weighted by atomic mass is 9.91. The third-order valence-electron chi connectivity index (χ3n) is 4.03. The highest BCUT2D eigenvalue weighted by Crippen LogP contribution is 2.29. The molecular formula is C15H22FNO2. The van der Waals surface area contributed by atoms with Crippen LogP contribution in [0.5, 0.6) is 0 Å². The first-order valence-corrected chi connectivity index (χ1v) is 6.89. The molecule has 0 bridgehead atoms. The minimum Gasteiger partial charge on any atom is -0.391 e. The number of aliphatic hydroxyl groups is 2. The van der Waals surface area contributed by atoms with Gasteiger partial charge in [-0.1, -0.05) is 18.9 Å². The number of aliphatic hydroxyl groups excluding tert-OH is 2. The van der Waals surface area contributed by atoms with Crippen LogP contribution < -0.4 is 4.90 Å². The number of benzene rings is 1. The Hall–Kier alpha value is -1.13. The van der Waals surface area contributed by atoms with E-state index >= 15 is 0 Å². The molecular weight excluding hydrogens is 245 g/mol. The van der Waals surface area contributed by atoms with Gasteiger partial charge in [0.05, 0.1) is 23.9 Å². The molecule has 0 saturated heterocycles. The van der Waals surface area contributed by atoms with Crippen LogP contribution in [0.2, 0.25) is 0 Å². The first kappa shape index (κ1) is 14.3. The summed E-state index contributed by atoms with van der Waals surface area (Å²) in [4.78, 5) is 1.82. The maximum Gasteiger partial charge on any atom is 0.146 e. The molecule has 1 fully saturated rings. The second-order valence-electron chi connectivity index (χ2n) is 5.42. The summed E-state index contributed by atoms with van der Waals surface area (Å²) in [5, 5.41) is 19.5. The zero-order chi connectivity index (χ0) is 14.0. The normalized spacial score (nSPS) is 25.1. The van der Waals surface area contributed by atoms with E-state index in [1.165, 1.54) is 6.07 Å². The average Bonchev–Trinajstić information content (AvgIpc) is 2.38. The standard InChI is InChI=1S/C15H22FNO2/c1-10(18)11-7-8-13(12(16)9-11)17(2)14-5-3-4-6-15(14)19/h7-10,14-15,18-19H,3-6H2,1-2H3/t10-,14?,15?/m1/s1. The molecule has 106 valence electrons. The van der Waals surface area contributed by atoms with E-state index < -0.39 is 12.2 Å². The van der Waals surface area contributed by atoms with Crippen LogP contribution in [0.4, 0.5) is 10.1 Å². The van der Waals surface area contributed by atoms with Gasteiger partial charge in [-0.05, 0) is 37.5 Å². The second kappa shape index (κ2) is 5.88. The van der Waals surface area contributed by atoms with Crippen LogP contribution in [0, 0.1) is 5.82 Å². The van der Waals surface area contributed by atoms with Crippen LogP contribution in [0.3, 0.4) is 0 Å². The lowest BCUT2D eigenvalue weighted by Crippen LogP contribution is -2.43. The van der Waals surface area contributed by atoms with Gasteiger partial charge >= 0.3 is 0 Å². The fraction of sp³-hybridized carbons (Fsp3) is 0.600. The summed E-state index contributed by atoms with van der Waals surface area (Å²) in [6.07, 6.45) is 2.70. The minimum absolute atomic E-state index is 0.0272. The van der Waals surface area contributed by atoms with Gasteiger partial charge in [0.2, 0.25) is 0 Å². The zero-order valence-electron chi connectivity index (χ0n) is 11.5. The average molecular weight is 267 g/mol. The molecule has 2 rings (SSSR count). The van der Waals surface area contributed by atoms with Gasteiger partial charge in [0.15, 0.2) is 0 Å². The van der Waals surface area contributed by atoms with E-state index in [0.717, 1.165) is 25.7 Å². The molecule has 0 amide bonds. The van der Waals surface area contributed by atoms with Crippen molar-refractivity contribution in [1.29, 1.82) is 0 Å². The molecule has 2 unspecified atom stereocenters. The molecule has 0 heterocycles. The number of hydrogen-bond acceptors (Lipinski definition) is 3. The summed E-state index contributed by atoms with van der Waals surface area (Å²) in [5.74, 6) is -0.348. The van der Waals surface area contributed by atoms with Crippen molar-refractivity contribution in [2.45, 2.75) is 50.9 Å². The fourth-order valence-electron chi connectivity index (χ4n) is 2.79. The van der Waals surface area contributed by atoms with Crippen molar-refractivity contribution in [3.05, 3.63) is 29.6 Å². The van der Waals surface area contributed by atoms with Crippen molar-refractivity contribution in [3.63, 3.8) is 0 Å². The smallest absolute Gasteiger partial charge is 0.146 e. The highest BCUT2D eigenvalue weighted by molar-refractivity contribution is 5.50. The summed E-state index contributed by atoms with van der Waals surface area (Å²) in [7, 11) is 1.82. The summed E-state index contributed by atoms with van der Waals surface area (Å²) in [6.45, 7) is 1.61. The summed E-state index contributed by atoms with van der Waals surface area (Å²) in [5.41, 5.74) is 1.05.